The van der Waals surface area contributed by atoms with Crippen molar-refractivity contribution < 1.29 is 24.2 Å². The minimum atomic E-state index is -0.854. The lowest BCUT2D eigenvalue weighted by atomic mass is 9.73. The molecule has 2 amide bonds. The van der Waals surface area contributed by atoms with Crippen molar-refractivity contribution >= 4 is 18.0 Å². The van der Waals surface area contributed by atoms with Crippen LogP contribution in [0.3, 0.4) is 0 Å². The number of carboxylic acids is 1. The van der Waals surface area contributed by atoms with Crippen molar-refractivity contribution in [3.05, 3.63) is 59.7 Å². The summed E-state index contributed by atoms with van der Waals surface area (Å²) < 4.78 is 5.65. The number of benzene rings is 2. The predicted octanol–water partition coefficient (Wildman–Crippen LogP) is 4.46. The van der Waals surface area contributed by atoms with E-state index in [9.17, 15) is 19.5 Å². The van der Waals surface area contributed by atoms with E-state index in [-0.39, 0.29) is 31.5 Å². The molecule has 0 heterocycles. The summed E-state index contributed by atoms with van der Waals surface area (Å²) in [6.45, 7) is 0.559. The molecule has 2 aromatic carbocycles. The Labute approximate surface area is 205 Å². The highest BCUT2D eigenvalue weighted by Gasteiger charge is 2.51. The molecule has 2 saturated carbocycles. The van der Waals surface area contributed by atoms with Crippen molar-refractivity contribution in [1.29, 1.82) is 0 Å². The van der Waals surface area contributed by atoms with Crippen molar-refractivity contribution in [2.24, 2.45) is 10.8 Å². The van der Waals surface area contributed by atoms with Gasteiger partial charge in [0.25, 0.3) is 0 Å². The number of fused-ring (bicyclic) bond motifs is 3. The molecule has 3 N–H and O–H groups in total. The Morgan fingerprint density at radius 2 is 1.37 bits per heavy atom. The quantitative estimate of drug-likeness (QED) is 0.522. The van der Waals surface area contributed by atoms with Crippen LogP contribution < -0.4 is 10.6 Å². The molecule has 0 bridgehead atoms. The SMILES string of the molecule is O=C(NCC1(C(=O)NCC2(C(=O)O)CC2)CCCCC1)OCC1c2ccccc2-c2ccccc21. The molecular formula is C28H32N2O5. The predicted molar refractivity (Wildman–Crippen MR) is 131 cm³/mol. The Hall–Kier alpha value is -3.35. The largest absolute Gasteiger partial charge is 0.481 e. The number of aliphatic carboxylic acids is 1. The van der Waals surface area contributed by atoms with Crippen LogP contribution in [0.4, 0.5) is 4.79 Å². The number of carbonyl (C=O) groups is 3. The van der Waals surface area contributed by atoms with E-state index in [0.29, 0.717) is 25.7 Å². The molecule has 0 aliphatic heterocycles. The van der Waals surface area contributed by atoms with Crippen LogP contribution in [-0.4, -0.2) is 42.8 Å². The molecule has 0 saturated heterocycles. The fourth-order valence-electron chi connectivity index (χ4n) is 5.66. The Morgan fingerprint density at radius 1 is 0.800 bits per heavy atom. The van der Waals surface area contributed by atoms with Gasteiger partial charge in [-0.15, -0.1) is 0 Å². The highest BCUT2D eigenvalue weighted by atomic mass is 16.5. The lowest BCUT2D eigenvalue weighted by Crippen LogP contribution is -2.51. The lowest BCUT2D eigenvalue weighted by molar-refractivity contribution is -0.143. The van der Waals surface area contributed by atoms with Crippen molar-refractivity contribution in [2.75, 3.05) is 19.7 Å². The maximum atomic E-state index is 13.2. The molecule has 35 heavy (non-hydrogen) atoms. The average molecular weight is 477 g/mol. The molecule has 2 fully saturated rings. The normalized spacial score (nSPS) is 19.2. The van der Waals surface area contributed by atoms with Gasteiger partial charge in [-0.1, -0.05) is 67.8 Å². The zero-order chi connectivity index (χ0) is 24.5. The van der Waals surface area contributed by atoms with Crippen LogP contribution in [0.1, 0.15) is 62.0 Å². The van der Waals surface area contributed by atoms with E-state index in [1.54, 1.807) is 0 Å². The summed E-state index contributed by atoms with van der Waals surface area (Å²) in [6.07, 6.45) is 4.85. The van der Waals surface area contributed by atoms with Gasteiger partial charge in [-0.25, -0.2) is 4.79 Å². The molecule has 0 atom stereocenters. The van der Waals surface area contributed by atoms with E-state index in [2.05, 4.69) is 34.9 Å². The van der Waals surface area contributed by atoms with Crippen LogP contribution in [0.15, 0.2) is 48.5 Å². The number of carbonyl (C=O) groups excluding carboxylic acids is 2. The van der Waals surface area contributed by atoms with Gasteiger partial charge >= 0.3 is 12.1 Å². The summed E-state index contributed by atoms with van der Waals surface area (Å²) in [7, 11) is 0. The molecule has 5 rings (SSSR count). The van der Waals surface area contributed by atoms with Crippen LogP contribution in [0.2, 0.25) is 0 Å². The number of hydrogen-bond acceptors (Lipinski definition) is 4. The second kappa shape index (κ2) is 9.36. The summed E-state index contributed by atoms with van der Waals surface area (Å²) in [4.78, 5) is 37.4. The maximum Gasteiger partial charge on any atom is 0.407 e. The summed E-state index contributed by atoms with van der Waals surface area (Å²) >= 11 is 0. The first-order valence-electron chi connectivity index (χ1n) is 12.5. The van der Waals surface area contributed by atoms with Gasteiger partial charge in [0.1, 0.15) is 6.61 Å². The second-order valence-corrected chi connectivity index (χ2v) is 10.3. The van der Waals surface area contributed by atoms with Gasteiger partial charge in [-0.3, -0.25) is 9.59 Å². The number of alkyl carbamates (subject to hydrolysis) is 1. The average Bonchev–Trinajstić information content (AvgIpc) is 3.62. The van der Waals surface area contributed by atoms with Gasteiger partial charge in [-0.05, 0) is 47.9 Å². The molecule has 0 aromatic heterocycles. The first-order chi connectivity index (χ1) is 16.9. The number of amides is 2. The monoisotopic (exact) mass is 476 g/mol. The third-order valence-electron chi connectivity index (χ3n) is 8.10. The van der Waals surface area contributed by atoms with Gasteiger partial charge in [0, 0.05) is 19.0 Å². The van der Waals surface area contributed by atoms with E-state index in [1.165, 1.54) is 11.1 Å². The Morgan fingerprint density at radius 3 is 1.94 bits per heavy atom. The van der Waals surface area contributed by atoms with Crippen LogP contribution in [0.5, 0.6) is 0 Å². The van der Waals surface area contributed by atoms with E-state index in [4.69, 9.17) is 4.74 Å². The molecule has 3 aliphatic carbocycles. The summed E-state index contributed by atoms with van der Waals surface area (Å²) in [5.74, 6) is -1.04. The van der Waals surface area contributed by atoms with Gasteiger partial charge in [0.05, 0.1) is 10.8 Å². The van der Waals surface area contributed by atoms with Crippen LogP contribution in [-0.2, 0) is 14.3 Å². The van der Waals surface area contributed by atoms with Crippen molar-refractivity contribution in [2.45, 2.75) is 50.9 Å². The van der Waals surface area contributed by atoms with Crippen molar-refractivity contribution in [3.8, 4) is 11.1 Å². The number of ether oxygens (including phenoxy) is 1. The molecule has 3 aliphatic rings. The summed E-state index contributed by atoms with van der Waals surface area (Å²) in [5.41, 5.74) is 3.10. The molecule has 7 nitrogen and oxygen atoms in total. The fourth-order valence-corrected chi connectivity index (χ4v) is 5.66. The van der Waals surface area contributed by atoms with E-state index in [0.717, 1.165) is 30.4 Å². The van der Waals surface area contributed by atoms with E-state index < -0.39 is 22.9 Å². The fraction of sp³-hybridized carbons (Fsp3) is 0.464. The van der Waals surface area contributed by atoms with Crippen molar-refractivity contribution in [3.63, 3.8) is 0 Å². The molecule has 0 unspecified atom stereocenters. The molecular weight excluding hydrogens is 444 g/mol. The zero-order valence-electron chi connectivity index (χ0n) is 19.8. The van der Waals surface area contributed by atoms with Gasteiger partial charge in [0.15, 0.2) is 0 Å². The third-order valence-corrected chi connectivity index (χ3v) is 8.10. The lowest BCUT2D eigenvalue weighted by Gasteiger charge is -2.36. The van der Waals surface area contributed by atoms with Crippen LogP contribution in [0, 0.1) is 10.8 Å². The number of carboxylic acid groups (broad SMARTS) is 1. The van der Waals surface area contributed by atoms with Gasteiger partial charge < -0.3 is 20.5 Å². The van der Waals surface area contributed by atoms with Crippen LogP contribution >= 0.6 is 0 Å². The molecule has 184 valence electrons. The van der Waals surface area contributed by atoms with E-state index in [1.807, 2.05) is 24.3 Å². The van der Waals surface area contributed by atoms with E-state index >= 15 is 0 Å². The smallest absolute Gasteiger partial charge is 0.407 e. The van der Waals surface area contributed by atoms with Gasteiger partial charge in [-0.2, -0.15) is 0 Å². The Kier molecular flexibility index (Phi) is 6.26. The van der Waals surface area contributed by atoms with Gasteiger partial charge in [0.2, 0.25) is 5.91 Å². The molecule has 0 radical (unpaired) electrons. The minimum absolute atomic E-state index is 0.0224. The first-order valence-corrected chi connectivity index (χ1v) is 12.5. The topological polar surface area (TPSA) is 105 Å². The highest BCUT2D eigenvalue weighted by molar-refractivity contribution is 5.85. The third kappa shape index (κ3) is 4.51. The second-order valence-electron chi connectivity index (χ2n) is 10.3. The summed E-state index contributed by atoms with van der Waals surface area (Å²) in [6, 6.07) is 16.4. The first kappa shape index (κ1) is 23.4. The molecule has 0 spiro atoms. The minimum Gasteiger partial charge on any atom is -0.481 e. The number of rotatable bonds is 8. The Balaban J connectivity index is 1.20. The standard InChI is InChI=1S/C28H32N2O5/c31-24(29-18-28(14-15-28)25(32)33)27(12-6-1-7-13-27)17-30-26(34)35-16-23-21-10-4-2-8-19(21)20-9-3-5-11-22(20)23/h2-5,8-11,23H,1,6-7,12-18H2,(H,29,31)(H,30,34)(H,32,33). The van der Waals surface area contributed by atoms with Crippen LogP contribution in [0.25, 0.3) is 11.1 Å². The number of nitrogens with one attached hydrogen (secondary N) is 2. The maximum absolute atomic E-state index is 13.2. The van der Waals surface area contributed by atoms with Crippen molar-refractivity contribution in [1.82, 2.24) is 10.6 Å². The molecule has 7 heteroatoms. The summed E-state index contributed by atoms with van der Waals surface area (Å²) in [5, 5.41) is 15.1. The Bertz CT molecular complexity index is 1090. The highest BCUT2D eigenvalue weighted by Crippen LogP contribution is 2.46. The zero-order valence-corrected chi connectivity index (χ0v) is 19.8. The molecule has 2 aromatic rings. The number of hydrogen-bond donors (Lipinski definition) is 3.